The van der Waals surface area contributed by atoms with E-state index in [0.717, 1.165) is 10.8 Å². The molecule has 0 spiro atoms. The maximum absolute atomic E-state index is 4.11. The summed E-state index contributed by atoms with van der Waals surface area (Å²) < 4.78 is 0. The molecule has 0 aliphatic rings. The third kappa shape index (κ3) is 5.47. The van der Waals surface area contributed by atoms with Gasteiger partial charge in [0.15, 0.2) is 0 Å². The van der Waals surface area contributed by atoms with Crippen LogP contribution in [0.5, 0.6) is 0 Å². The molecule has 13 aromatic carbocycles. The number of hydrogen-bond acceptors (Lipinski definition) is 0. The van der Waals surface area contributed by atoms with Gasteiger partial charge < -0.3 is 0 Å². The first-order valence-electron chi connectivity index (χ1n) is 21.5. The Labute approximate surface area is 359 Å². The zero-order valence-corrected chi connectivity index (χ0v) is 33.9. The second-order valence-electron chi connectivity index (χ2n) is 16.7. The largest absolute Gasteiger partial charge is 0.0616 e. The second kappa shape index (κ2) is 13.7. The minimum atomic E-state index is 1.10. The zero-order valence-electron chi connectivity index (χ0n) is 33.9. The quantitative estimate of drug-likeness (QED) is 0.156. The van der Waals surface area contributed by atoms with E-state index in [-0.39, 0.29) is 0 Å². The molecule has 0 unspecified atom stereocenters. The van der Waals surface area contributed by atoms with Crippen LogP contribution in [0.4, 0.5) is 0 Å². The summed E-state index contributed by atoms with van der Waals surface area (Å²) in [6.07, 6.45) is 0. The van der Waals surface area contributed by atoms with Gasteiger partial charge in [-0.05, 0) is 179 Å². The van der Waals surface area contributed by atoms with Gasteiger partial charge in [0.05, 0.1) is 0 Å². The van der Waals surface area contributed by atoms with Crippen molar-refractivity contribution in [3.63, 3.8) is 0 Å². The first-order valence-corrected chi connectivity index (χ1v) is 21.5. The van der Waals surface area contributed by atoms with Crippen molar-refractivity contribution in [2.45, 2.75) is 0 Å². The Balaban J connectivity index is 1.30. The molecule has 0 heterocycles. The van der Waals surface area contributed by atoms with Crippen LogP contribution in [0.15, 0.2) is 224 Å². The maximum atomic E-state index is 4.11. The van der Waals surface area contributed by atoms with Crippen LogP contribution in [0.25, 0.3) is 131 Å². The molecule has 0 N–H and O–H groups in total. The van der Waals surface area contributed by atoms with Gasteiger partial charge in [-0.25, -0.2) is 0 Å². The highest BCUT2D eigenvalue weighted by molar-refractivity contribution is 6.25. The van der Waals surface area contributed by atoms with Gasteiger partial charge in [-0.15, -0.1) is 0 Å². The molecule has 0 aliphatic heterocycles. The molecule has 0 heteroatoms. The van der Waals surface area contributed by atoms with Gasteiger partial charge in [0, 0.05) is 0 Å². The lowest BCUT2D eigenvalue weighted by atomic mass is 9.76. The van der Waals surface area contributed by atoms with Gasteiger partial charge >= 0.3 is 0 Å². The lowest BCUT2D eigenvalue weighted by Crippen LogP contribution is -1.99. The van der Waals surface area contributed by atoms with Crippen molar-refractivity contribution in [3.8, 4) is 44.5 Å². The van der Waals surface area contributed by atoms with E-state index in [1.165, 1.54) is 120 Å². The lowest BCUT2D eigenvalue weighted by molar-refractivity contribution is 1.61. The van der Waals surface area contributed by atoms with E-state index >= 15 is 0 Å². The molecule has 13 rings (SSSR count). The van der Waals surface area contributed by atoms with Crippen molar-refractivity contribution in [1.29, 1.82) is 0 Å². The molecule has 0 aromatic heterocycles. The van der Waals surface area contributed by atoms with Gasteiger partial charge in [-0.3, -0.25) is 0 Å². The Morgan fingerprint density at radius 1 is 0.226 bits per heavy atom. The van der Waals surface area contributed by atoms with Gasteiger partial charge in [-0.2, -0.15) is 0 Å². The van der Waals surface area contributed by atoms with Crippen LogP contribution in [0, 0.1) is 6.07 Å². The monoisotopic (exact) mass is 781 g/mol. The summed E-state index contributed by atoms with van der Waals surface area (Å²) in [5.74, 6) is 0. The molecule has 0 fully saturated rings. The van der Waals surface area contributed by atoms with Crippen LogP contribution in [0.1, 0.15) is 0 Å². The van der Waals surface area contributed by atoms with Crippen molar-refractivity contribution in [1.82, 2.24) is 0 Å². The van der Waals surface area contributed by atoms with Crippen LogP contribution in [-0.4, -0.2) is 0 Å². The summed E-state index contributed by atoms with van der Waals surface area (Å²) in [5, 5.41) is 19.3. The molecule has 0 saturated heterocycles. The smallest absolute Gasteiger partial charge is 0.000696 e. The Morgan fingerprint density at radius 2 is 0.694 bits per heavy atom. The number of rotatable bonds is 4. The van der Waals surface area contributed by atoms with Crippen LogP contribution >= 0.6 is 0 Å². The highest BCUT2D eigenvalue weighted by Crippen LogP contribution is 2.54. The molecule has 13 aromatic rings. The summed E-state index contributed by atoms with van der Waals surface area (Å²) in [6.45, 7) is 0. The normalized spacial score (nSPS) is 11.9. The zero-order chi connectivity index (χ0) is 40.7. The topological polar surface area (TPSA) is 0 Å². The molecule has 285 valence electrons. The SMILES string of the molecule is [c]1c2ccccc2cc2c(-c3cccc4ccccc34)c(-c3ccc4ccccc4c3)c(-c3cccc4cc5ccccc5cc34)c(-c3ccc4cc5ccccc5cc4c3)c12. The fourth-order valence-electron chi connectivity index (χ4n) is 10.3. The maximum Gasteiger partial charge on any atom is -0.000696 e. The van der Waals surface area contributed by atoms with E-state index in [4.69, 9.17) is 0 Å². The second-order valence-corrected chi connectivity index (χ2v) is 16.7. The van der Waals surface area contributed by atoms with Crippen LogP contribution in [-0.2, 0) is 0 Å². The molecule has 62 heavy (non-hydrogen) atoms. The van der Waals surface area contributed by atoms with Crippen molar-refractivity contribution in [2.75, 3.05) is 0 Å². The molecule has 0 nitrogen and oxygen atoms in total. The van der Waals surface area contributed by atoms with Gasteiger partial charge in [-0.1, -0.05) is 182 Å². The van der Waals surface area contributed by atoms with E-state index in [0.29, 0.717) is 0 Å². The molecule has 0 amide bonds. The first kappa shape index (κ1) is 34.8. The molecule has 0 bridgehead atoms. The predicted octanol–water partition coefficient (Wildman–Crippen LogP) is 17.4. The van der Waals surface area contributed by atoms with Gasteiger partial charge in [0.2, 0.25) is 0 Å². The van der Waals surface area contributed by atoms with Crippen LogP contribution < -0.4 is 0 Å². The molecular formula is C62H37. The van der Waals surface area contributed by atoms with E-state index in [1.807, 2.05) is 0 Å². The van der Waals surface area contributed by atoms with Crippen molar-refractivity contribution in [2.24, 2.45) is 0 Å². The minimum absolute atomic E-state index is 1.10. The van der Waals surface area contributed by atoms with E-state index in [1.54, 1.807) is 0 Å². The Morgan fingerprint density at radius 3 is 1.44 bits per heavy atom. The predicted molar refractivity (Wildman–Crippen MR) is 267 cm³/mol. The Kier molecular flexibility index (Phi) is 7.71. The highest BCUT2D eigenvalue weighted by Gasteiger charge is 2.27. The van der Waals surface area contributed by atoms with Crippen LogP contribution in [0.2, 0.25) is 0 Å². The van der Waals surface area contributed by atoms with Gasteiger partial charge in [0.25, 0.3) is 0 Å². The minimum Gasteiger partial charge on any atom is -0.0616 e. The number of hydrogen-bond donors (Lipinski definition) is 0. The summed E-state index contributed by atoms with van der Waals surface area (Å²) >= 11 is 0. The average molecular weight is 782 g/mol. The van der Waals surface area contributed by atoms with Crippen molar-refractivity contribution in [3.05, 3.63) is 231 Å². The third-order valence-electron chi connectivity index (χ3n) is 13.2. The summed E-state index contributed by atoms with van der Waals surface area (Å²) in [6, 6.07) is 87.6. The lowest BCUT2D eigenvalue weighted by Gasteiger charge is -2.26. The molecular weight excluding hydrogens is 745 g/mol. The van der Waals surface area contributed by atoms with Gasteiger partial charge in [0.1, 0.15) is 0 Å². The molecule has 0 saturated carbocycles. The Hall–Kier alpha value is -8.06. The average Bonchev–Trinajstić information content (AvgIpc) is 3.33. The molecule has 0 aliphatic carbocycles. The van der Waals surface area contributed by atoms with E-state index in [2.05, 4.69) is 231 Å². The van der Waals surface area contributed by atoms with Crippen molar-refractivity contribution >= 4 is 86.2 Å². The summed E-state index contributed by atoms with van der Waals surface area (Å²) in [5.41, 5.74) is 9.61. The summed E-state index contributed by atoms with van der Waals surface area (Å²) in [7, 11) is 0. The molecule has 1 radical (unpaired) electrons. The van der Waals surface area contributed by atoms with E-state index in [9.17, 15) is 0 Å². The standard InChI is InChI=1S/C62H37/c1-2-15-41-33-51(29-27-39(41)13-1)60-61(54-25-11-22-40-14-9-10-24-53(40)54)58-38-47-21-8-7-20-46(47)37-57(58)59(50-30-28-48-31-42-16-3-4-18-44(42)34-52(48)35-50)62(60)55-26-12-23-49-32-43-17-5-6-19-45(43)36-56(49)55/h1-36,38H. The van der Waals surface area contributed by atoms with Crippen molar-refractivity contribution < 1.29 is 0 Å². The number of fused-ring (bicyclic) bond motifs is 8. The highest BCUT2D eigenvalue weighted by atomic mass is 14.3. The molecule has 0 atom stereocenters. The Bertz CT molecular complexity index is 3980. The first-order chi connectivity index (χ1) is 30.7. The summed E-state index contributed by atoms with van der Waals surface area (Å²) in [4.78, 5) is 0. The fraction of sp³-hybridized carbons (Fsp3) is 0. The van der Waals surface area contributed by atoms with E-state index < -0.39 is 0 Å². The fourth-order valence-corrected chi connectivity index (χ4v) is 10.3. The third-order valence-corrected chi connectivity index (χ3v) is 13.2. The van der Waals surface area contributed by atoms with Crippen LogP contribution in [0.3, 0.4) is 0 Å². The number of benzene rings is 13.